The molecule has 23 N–H and O–H groups in total. The van der Waals surface area contributed by atoms with E-state index >= 15 is 0 Å². The fourth-order valence-electron chi connectivity index (χ4n) is 11.9. The highest BCUT2D eigenvalue weighted by molar-refractivity contribution is 5.80. The van der Waals surface area contributed by atoms with E-state index < -0.39 is 228 Å². The number of allylic oxidation sites excluding steroid dienone is 12. The molecular formula is C65H109N5O26. The van der Waals surface area contributed by atoms with Crippen LogP contribution in [0.15, 0.2) is 85.1 Å². The minimum atomic E-state index is -2.68. The number of carbonyl (C=O) groups is 2. The maximum absolute atomic E-state index is 14.3. The van der Waals surface area contributed by atoms with E-state index in [0.29, 0.717) is 32.7 Å². The molecule has 96 heavy (non-hydrogen) atoms. The number of fused-ring (bicyclic) bond motifs is 2. The van der Waals surface area contributed by atoms with Crippen molar-refractivity contribution in [1.29, 1.82) is 0 Å². The molecule has 28 atom stereocenters. The minimum Gasteiger partial charge on any atom is -0.462 e. The molecule has 2 bridgehead atoms. The minimum absolute atomic E-state index is 0.0738. The van der Waals surface area contributed by atoms with Gasteiger partial charge in [0.05, 0.1) is 105 Å². The van der Waals surface area contributed by atoms with Crippen LogP contribution in [0.5, 0.6) is 0 Å². The highest BCUT2D eigenvalue weighted by atomic mass is 16.7. The molecule has 1 amide bonds. The molecular weight excluding hydrogens is 1270 g/mol. The van der Waals surface area contributed by atoms with Gasteiger partial charge >= 0.3 is 5.97 Å². The van der Waals surface area contributed by atoms with Crippen LogP contribution in [0.2, 0.25) is 0 Å². The number of nitrogens with one attached hydrogen (secondary N) is 4. The lowest BCUT2D eigenvalue weighted by molar-refractivity contribution is -0.368. The van der Waals surface area contributed by atoms with E-state index in [1.165, 1.54) is 13.0 Å². The Labute approximate surface area is 559 Å². The molecule has 0 aliphatic carbocycles. The van der Waals surface area contributed by atoms with E-state index in [-0.39, 0.29) is 31.7 Å². The number of nitrogens with two attached hydrogens (primary N) is 1. The van der Waals surface area contributed by atoms with Gasteiger partial charge in [0.1, 0.15) is 54.9 Å². The smallest absolute Gasteiger partial charge is 0.308 e. The molecule has 31 heteroatoms. The quantitative estimate of drug-likeness (QED) is 0.0476. The molecule has 5 rings (SSSR count). The molecule has 4 fully saturated rings. The van der Waals surface area contributed by atoms with Crippen LogP contribution in [-0.4, -0.2) is 310 Å². The summed E-state index contributed by atoms with van der Waals surface area (Å²) in [6.07, 6.45) is -13.9. The molecule has 0 aromatic rings. The molecule has 5 aliphatic rings. The second-order valence-electron chi connectivity index (χ2n) is 25.6. The number of hydrogen-bond donors (Lipinski definition) is 22. The van der Waals surface area contributed by atoms with Crippen LogP contribution in [0.1, 0.15) is 79.1 Å². The van der Waals surface area contributed by atoms with Gasteiger partial charge in [0, 0.05) is 76.8 Å². The summed E-state index contributed by atoms with van der Waals surface area (Å²) in [5, 5.41) is 200. The average Bonchev–Trinajstić information content (AvgIpc) is 0.789. The Bertz CT molecular complexity index is 2500. The number of rotatable bonds is 17. The van der Waals surface area contributed by atoms with Gasteiger partial charge < -0.3 is 147 Å². The van der Waals surface area contributed by atoms with Crippen LogP contribution in [0.3, 0.4) is 0 Å². The summed E-state index contributed by atoms with van der Waals surface area (Å²) in [4.78, 5) is 27.1. The molecule has 550 valence electrons. The van der Waals surface area contributed by atoms with Crippen molar-refractivity contribution < 1.29 is 130 Å². The summed E-state index contributed by atoms with van der Waals surface area (Å²) in [6, 6.07) is -1.48. The average molecular weight is 1380 g/mol. The van der Waals surface area contributed by atoms with Crippen LogP contribution < -0.4 is 27.0 Å². The van der Waals surface area contributed by atoms with Crippen LogP contribution >= 0.6 is 0 Å². The van der Waals surface area contributed by atoms with E-state index in [0.717, 1.165) is 0 Å². The Balaban J connectivity index is 1.43. The number of amides is 1. The van der Waals surface area contributed by atoms with Gasteiger partial charge in [-0.1, -0.05) is 98.9 Å². The molecule has 5 heterocycles. The van der Waals surface area contributed by atoms with Gasteiger partial charge in [-0.3, -0.25) is 9.59 Å². The second kappa shape index (κ2) is 41.1. The van der Waals surface area contributed by atoms with E-state index in [4.69, 9.17) is 38.9 Å². The molecule has 31 nitrogen and oxygen atoms in total. The maximum atomic E-state index is 14.3. The first-order valence-electron chi connectivity index (χ1n) is 33.1. The van der Waals surface area contributed by atoms with Crippen molar-refractivity contribution in [1.82, 2.24) is 21.3 Å². The van der Waals surface area contributed by atoms with Crippen molar-refractivity contribution in [2.24, 2.45) is 23.5 Å². The van der Waals surface area contributed by atoms with E-state index in [2.05, 4.69) is 21.3 Å². The van der Waals surface area contributed by atoms with E-state index in [1.54, 1.807) is 92.8 Å². The van der Waals surface area contributed by atoms with Gasteiger partial charge in [0.15, 0.2) is 18.4 Å². The number of aliphatic hydroxyl groups is 17. The maximum Gasteiger partial charge on any atom is 0.308 e. The molecule has 4 saturated heterocycles. The fourth-order valence-corrected chi connectivity index (χ4v) is 11.9. The number of ether oxygens (including phenoxy) is 7. The lowest BCUT2D eigenvalue weighted by Gasteiger charge is -2.48. The first kappa shape index (κ1) is 82.7. The summed E-state index contributed by atoms with van der Waals surface area (Å²) in [7, 11) is 0. The summed E-state index contributed by atoms with van der Waals surface area (Å²) in [5.41, 5.74) is 5.56. The zero-order valence-corrected chi connectivity index (χ0v) is 55.0. The highest BCUT2D eigenvalue weighted by Crippen LogP contribution is 2.39. The molecule has 0 aromatic carbocycles. The monoisotopic (exact) mass is 1380 g/mol. The third kappa shape index (κ3) is 25.6. The van der Waals surface area contributed by atoms with Gasteiger partial charge in [0.2, 0.25) is 11.7 Å². The first-order chi connectivity index (χ1) is 45.5. The Kier molecular flexibility index (Phi) is 35.4. The lowest BCUT2D eigenvalue weighted by Crippen LogP contribution is -2.70. The summed E-state index contributed by atoms with van der Waals surface area (Å²) < 4.78 is 40.8. The van der Waals surface area contributed by atoms with Crippen LogP contribution in [0, 0.1) is 17.8 Å². The summed E-state index contributed by atoms with van der Waals surface area (Å²) in [6.45, 7) is 6.79. The number of carbonyl (C=O) groups excluding carboxylic acids is 2. The topological polar surface area (TPSA) is 517 Å². The second-order valence-corrected chi connectivity index (χ2v) is 25.6. The van der Waals surface area contributed by atoms with Crippen molar-refractivity contribution in [2.45, 2.75) is 231 Å². The van der Waals surface area contributed by atoms with Crippen molar-refractivity contribution in [3.63, 3.8) is 0 Å². The molecule has 0 saturated carbocycles. The molecule has 0 radical (unpaired) electrons. The van der Waals surface area contributed by atoms with Crippen molar-refractivity contribution in [3.8, 4) is 0 Å². The van der Waals surface area contributed by atoms with Gasteiger partial charge in [-0.05, 0) is 33.1 Å². The van der Waals surface area contributed by atoms with E-state index in [1.807, 2.05) is 6.92 Å². The predicted molar refractivity (Wildman–Crippen MR) is 343 cm³/mol. The Morgan fingerprint density at radius 1 is 0.604 bits per heavy atom. The third-order valence-corrected chi connectivity index (χ3v) is 17.8. The predicted octanol–water partition coefficient (Wildman–Crippen LogP) is -5.86. The highest BCUT2D eigenvalue weighted by Gasteiger charge is 2.55. The van der Waals surface area contributed by atoms with E-state index in [9.17, 15) is 96.4 Å². The van der Waals surface area contributed by atoms with Gasteiger partial charge in [-0.15, -0.1) is 0 Å². The number of aliphatic hydroxyl groups excluding tert-OH is 15. The van der Waals surface area contributed by atoms with Gasteiger partial charge in [-0.2, -0.15) is 0 Å². The zero-order valence-electron chi connectivity index (χ0n) is 55.0. The fraction of sp³-hybridized carbons (Fsp3) is 0.754. The normalized spacial score (nSPS) is 44.3. The Hall–Kier alpha value is -3.96. The zero-order chi connectivity index (χ0) is 70.9. The number of esters is 1. The van der Waals surface area contributed by atoms with Crippen LogP contribution in [0.4, 0.5) is 0 Å². The first-order valence-corrected chi connectivity index (χ1v) is 33.1. The van der Waals surface area contributed by atoms with Crippen LogP contribution in [-0.2, 0) is 42.7 Å². The van der Waals surface area contributed by atoms with Crippen molar-refractivity contribution in [3.05, 3.63) is 85.1 Å². The van der Waals surface area contributed by atoms with Gasteiger partial charge in [0.25, 0.3) is 0 Å². The third-order valence-electron chi connectivity index (χ3n) is 17.8. The standard InChI is InChI=1S/C65H109N5O26/c1-36-17-15-13-11-9-7-5-6-8-10-12-14-16-18-43(93-62-56(83)52(54(81)39(4)92-62)70-35-65(89)60(86)59(47(78)34-90-65)95-63-58(85)57(84)55(82)49(33-71)94-63)30-48-51(61(87)69-26-25-68-24-23-67-22-21-66)46(77)32-64(88,96-48)31-42(74)28-45(76)44(75)20-19-40(72)27-41(73)29-50(79)91-38(3)37(2)53(36)80/h5-18,36-49,51-60,62-63,67-68,70-78,80-86,88-89H,19-35,66H2,1-4H3,(H,69,87)/b6-5+,9-7+,10-8+,13-11+,14-12+,17-15+,18-16+/t36-,37?,38-,39+,40+,41+,42-,43-,44+,45+,46-,47+,48?,49+,51?,52-,53+,54+,55-,56-,57-,58+,59+,60-,62-,63-,64+,65+/m0/s1. The van der Waals surface area contributed by atoms with Crippen LogP contribution in [0.25, 0.3) is 0 Å². The van der Waals surface area contributed by atoms with Crippen molar-refractivity contribution in [2.75, 3.05) is 59.0 Å². The largest absolute Gasteiger partial charge is 0.462 e. The Morgan fingerprint density at radius 3 is 1.84 bits per heavy atom. The summed E-state index contributed by atoms with van der Waals surface area (Å²) >= 11 is 0. The van der Waals surface area contributed by atoms with Crippen molar-refractivity contribution >= 4 is 11.9 Å². The molecule has 0 aromatic heterocycles. The molecule has 5 aliphatic heterocycles. The number of hydrogen-bond acceptors (Lipinski definition) is 30. The van der Waals surface area contributed by atoms with Gasteiger partial charge in [-0.25, -0.2) is 0 Å². The lowest BCUT2D eigenvalue weighted by atomic mass is 9.82. The Morgan fingerprint density at radius 2 is 1.21 bits per heavy atom. The molecule has 0 spiro atoms. The number of cyclic esters (lactones) is 1. The summed E-state index contributed by atoms with van der Waals surface area (Å²) in [5.74, 6) is -8.85. The SMILES string of the molecule is CC1[C@H](C)OC(=O)C[C@H](O)C[C@H](O)CC[C@@H](O)[C@H](O)C[C@H](O)C[C@]2(O)C[C@H](O)C(C(=O)NCCNCCNCCN)C(C[C@@H](O[C@@H]3O[C@H](C)[C@@H](O)[C@H](NC[C@@]4(O)OC[C@@H](O)[C@@H](O[C@@H]5O[C@H](CO)[C@H](O)[C@H](O)[C@H]5O)[C@@H]4O)[C@@H]3O)/C=C/C=C/C=C/C=C/C=C/C=C/C=C/[C@H](C)[C@H]1O)O2. The molecule has 3 unspecified atom stereocenters.